The second-order valence-electron chi connectivity index (χ2n) is 7.65. The lowest BCUT2D eigenvalue weighted by Crippen LogP contribution is -2.24. The van der Waals surface area contributed by atoms with E-state index in [-0.39, 0.29) is 18.0 Å². The number of hydrogen-bond donors (Lipinski definition) is 2. The molecule has 158 valence electrons. The number of aryl methyl sites for hydroxylation is 1. The molecular formula is C22H25ClN4O3. The molecule has 0 radical (unpaired) electrons. The van der Waals surface area contributed by atoms with Gasteiger partial charge in [0.25, 0.3) is 0 Å². The average Bonchev–Trinajstić information content (AvgIpc) is 3.08. The van der Waals surface area contributed by atoms with Gasteiger partial charge in [-0.2, -0.15) is 0 Å². The molecule has 0 saturated heterocycles. The zero-order valence-electron chi connectivity index (χ0n) is 17.3. The Morgan fingerprint density at radius 2 is 2.20 bits per heavy atom. The molecule has 1 unspecified atom stereocenters. The summed E-state index contributed by atoms with van der Waals surface area (Å²) in [6, 6.07) is 5.45. The molecule has 3 aromatic rings. The van der Waals surface area contributed by atoms with E-state index >= 15 is 0 Å². The fourth-order valence-corrected chi connectivity index (χ4v) is 4.05. The maximum Gasteiger partial charge on any atom is 0.309 e. The molecule has 0 bridgehead atoms. The number of halogens is 1. The van der Waals surface area contributed by atoms with Crippen LogP contribution in [0, 0.1) is 5.92 Å². The Kier molecular flexibility index (Phi) is 5.81. The Bertz CT molecular complexity index is 1080. The van der Waals surface area contributed by atoms with Crippen LogP contribution in [-0.4, -0.2) is 33.6 Å². The van der Waals surface area contributed by atoms with Gasteiger partial charge in [0.1, 0.15) is 23.5 Å². The van der Waals surface area contributed by atoms with E-state index in [1.165, 1.54) is 6.33 Å². The second kappa shape index (κ2) is 8.52. The van der Waals surface area contributed by atoms with E-state index in [0.717, 1.165) is 40.8 Å². The molecule has 7 nitrogen and oxygen atoms in total. The van der Waals surface area contributed by atoms with Crippen LogP contribution in [0.2, 0.25) is 5.02 Å². The first-order valence-corrected chi connectivity index (χ1v) is 10.6. The number of nitrogens with zero attached hydrogens (tertiary/aromatic N) is 2. The number of hydrogen-bond acceptors (Lipinski definition) is 6. The minimum Gasteiger partial charge on any atom is -0.489 e. The summed E-state index contributed by atoms with van der Waals surface area (Å²) in [5, 5.41) is 4.85. The van der Waals surface area contributed by atoms with Gasteiger partial charge in [0.05, 0.1) is 29.7 Å². The van der Waals surface area contributed by atoms with Gasteiger partial charge < -0.3 is 19.8 Å². The van der Waals surface area contributed by atoms with E-state index in [4.69, 9.17) is 21.1 Å². The van der Waals surface area contributed by atoms with Crippen molar-refractivity contribution < 1.29 is 14.3 Å². The number of rotatable bonds is 6. The summed E-state index contributed by atoms with van der Waals surface area (Å²) in [5.41, 5.74) is 3.63. The molecule has 2 heterocycles. The second-order valence-corrected chi connectivity index (χ2v) is 8.09. The number of ether oxygens (including phenoxy) is 2. The molecule has 0 aliphatic heterocycles. The van der Waals surface area contributed by atoms with Gasteiger partial charge in [-0.15, -0.1) is 0 Å². The maximum atomic E-state index is 12.3. The van der Waals surface area contributed by atoms with Crippen LogP contribution in [0.3, 0.4) is 0 Å². The van der Waals surface area contributed by atoms with Crippen molar-refractivity contribution in [1.82, 2.24) is 15.0 Å². The largest absolute Gasteiger partial charge is 0.489 e. The lowest BCUT2D eigenvalue weighted by Gasteiger charge is -2.21. The van der Waals surface area contributed by atoms with Gasteiger partial charge in [0.2, 0.25) is 0 Å². The van der Waals surface area contributed by atoms with Gasteiger partial charge in [-0.25, -0.2) is 9.97 Å². The highest BCUT2D eigenvalue weighted by Crippen LogP contribution is 2.37. The van der Waals surface area contributed by atoms with E-state index < -0.39 is 0 Å². The molecule has 0 spiro atoms. The van der Waals surface area contributed by atoms with Gasteiger partial charge in [0.15, 0.2) is 0 Å². The number of benzene rings is 1. The fraction of sp³-hybridized carbons (Fsp3) is 0.409. The third kappa shape index (κ3) is 4.07. The molecule has 1 aromatic carbocycles. The highest BCUT2D eigenvalue weighted by atomic mass is 35.5. The van der Waals surface area contributed by atoms with Crippen molar-refractivity contribution in [3.05, 3.63) is 40.8 Å². The zero-order valence-corrected chi connectivity index (χ0v) is 18.0. The Balaban J connectivity index is 1.73. The molecule has 2 N–H and O–H groups in total. The molecule has 2 aromatic heterocycles. The van der Waals surface area contributed by atoms with Gasteiger partial charge in [-0.1, -0.05) is 11.6 Å². The van der Waals surface area contributed by atoms with Crippen LogP contribution in [-0.2, 0) is 22.4 Å². The van der Waals surface area contributed by atoms with Crippen molar-refractivity contribution in [2.75, 3.05) is 11.9 Å². The first-order valence-electron chi connectivity index (χ1n) is 10.2. The van der Waals surface area contributed by atoms with E-state index in [2.05, 4.69) is 20.3 Å². The van der Waals surface area contributed by atoms with Gasteiger partial charge >= 0.3 is 5.97 Å². The van der Waals surface area contributed by atoms with Crippen LogP contribution in [0.1, 0.15) is 38.4 Å². The summed E-state index contributed by atoms with van der Waals surface area (Å²) in [5.74, 6) is 1.04. The summed E-state index contributed by atoms with van der Waals surface area (Å²) in [6.07, 6.45) is 3.66. The van der Waals surface area contributed by atoms with Crippen LogP contribution >= 0.6 is 11.6 Å². The van der Waals surface area contributed by atoms with Gasteiger partial charge in [0, 0.05) is 10.7 Å². The van der Waals surface area contributed by atoms with Crippen molar-refractivity contribution in [3.63, 3.8) is 0 Å². The first-order chi connectivity index (χ1) is 14.5. The van der Waals surface area contributed by atoms with E-state index in [1.54, 1.807) is 6.07 Å². The Hall–Kier alpha value is -2.80. The molecule has 30 heavy (non-hydrogen) atoms. The minimum atomic E-state index is -0.157. The maximum absolute atomic E-state index is 12.3. The summed E-state index contributed by atoms with van der Waals surface area (Å²) < 4.78 is 11.2. The number of nitrogens with one attached hydrogen (secondary N) is 2. The van der Waals surface area contributed by atoms with Crippen molar-refractivity contribution in [2.24, 2.45) is 5.92 Å². The molecule has 4 rings (SSSR count). The Morgan fingerprint density at radius 1 is 1.37 bits per heavy atom. The normalized spacial score (nSPS) is 15.8. The molecule has 1 aliphatic carbocycles. The molecular weight excluding hydrogens is 404 g/mol. The fourth-order valence-electron chi connectivity index (χ4n) is 3.88. The lowest BCUT2D eigenvalue weighted by atomic mass is 9.86. The van der Waals surface area contributed by atoms with E-state index in [9.17, 15) is 4.79 Å². The zero-order chi connectivity index (χ0) is 21.3. The summed E-state index contributed by atoms with van der Waals surface area (Å²) in [6.45, 7) is 6.16. The van der Waals surface area contributed by atoms with Gasteiger partial charge in [-0.3, -0.25) is 4.79 Å². The number of aromatic amines is 1. The topological polar surface area (TPSA) is 89.1 Å². The summed E-state index contributed by atoms with van der Waals surface area (Å²) >= 11 is 6.23. The van der Waals surface area contributed by atoms with Crippen molar-refractivity contribution in [3.8, 4) is 5.75 Å². The monoisotopic (exact) mass is 428 g/mol. The molecule has 0 fully saturated rings. The Morgan fingerprint density at radius 3 is 2.97 bits per heavy atom. The molecule has 8 heteroatoms. The molecule has 1 atom stereocenters. The van der Waals surface area contributed by atoms with Gasteiger partial charge in [-0.05, 0) is 63.8 Å². The van der Waals surface area contributed by atoms with Crippen molar-refractivity contribution >= 4 is 40.1 Å². The SMILES string of the molecule is CCOC(=O)C1CCc2[nH]c3ncnc(Nc4cc(Cl)ccc4OC(C)C)c3c2C1. The quantitative estimate of drug-likeness (QED) is 0.547. The average molecular weight is 429 g/mol. The predicted octanol–water partition coefficient (Wildman–Crippen LogP) is 4.81. The van der Waals surface area contributed by atoms with E-state index in [0.29, 0.717) is 29.6 Å². The number of esters is 1. The number of H-pyrrole nitrogens is 1. The molecule has 0 saturated carbocycles. The number of anilines is 2. The highest BCUT2D eigenvalue weighted by Gasteiger charge is 2.30. The standard InChI is InChI=1S/C22H25ClN4O3/c1-4-29-22(28)13-5-7-16-15(9-13)19-20(26-16)24-11-25-21(19)27-17-10-14(23)6-8-18(17)30-12(2)3/h6,8,10-13H,4-5,7,9H2,1-3H3,(H2,24,25,26,27). The third-order valence-corrected chi connectivity index (χ3v) is 5.39. The Labute approximate surface area is 180 Å². The highest BCUT2D eigenvalue weighted by molar-refractivity contribution is 6.31. The number of carbonyl (C=O) groups excluding carboxylic acids is 1. The molecule has 1 aliphatic rings. The third-order valence-electron chi connectivity index (χ3n) is 5.15. The van der Waals surface area contributed by atoms with Crippen LogP contribution < -0.4 is 10.1 Å². The summed E-state index contributed by atoms with van der Waals surface area (Å²) in [4.78, 5) is 24.6. The van der Waals surface area contributed by atoms with Crippen molar-refractivity contribution in [1.29, 1.82) is 0 Å². The molecule has 0 amide bonds. The number of fused-ring (bicyclic) bond motifs is 3. The number of aromatic nitrogens is 3. The van der Waals surface area contributed by atoms with Crippen LogP contribution in [0.15, 0.2) is 24.5 Å². The predicted molar refractivity (Wildman–Crippen MR) is 117 cm³/mol. The van der Waals surface area contributed by atoms with Crippen LogP contribution in [0.4, 0.5) is 11.5 Å². The minimum absolute atomic E-state index is 0.0162. The van der Waals surface area contributed by atoms with Crippen LogP contribution in [0.5, 0.6) is 5.75 Å². The van der Waals surface area contributed by atoms with E-state index in [1.807, 2.05) is 32.9 Å². The van der Waals surface area contributed by atoms with Crippen molar-refractivity contribution in [2.45, 2.75) is 46.1 Å². The number of carbonyl (C=O) groups is 1. The van der Waals surface area contributed by atoms with Crippen LogP contribution in [0.25, 0.3) is 11.0 Å². The smallest absolute Gasteiger partial charge is 0.309 e. The summed E-state index contributed by atoms with van der Waals surface area (Å²) in [7, 11) is 0. The lowest BCUT2D eigenvalue weighted by molar-refractivity contribution is -0.148. The first kappa shape index (κ1) is 20.5.